The minimum atomic E-state index is -0.107. The molecule has 1 aliphatic rings. The summed E-state index contributed by atoms with van der Waals surface area (Å²) >= 11 is 6.10. The van der Waals surface area contributed by atoms with Crippen LogP contribution in [0.3, 0.4) is 0 Å². The highest BCUT2D eigenvalue weighted by atomic mass is 35.5. The summed E-state index contributed by atoms with van der Waals surface area (Å²) in [6.07, 6.45) is 1.79. The number of hydrogen-bond acceptors (Lipinski definition) is 6. The molecule has 2 heterocycles. The van der Waals surface area contributed by atoms with E-state index in [0.29, 0.717) is 28.8 Å². The zero-order valence-corrected chi connectivity index (χ0v) is 16.2. The van der Waals surface area contributed by atoms with E-state index in [4.69, 9.17) is 21.1 Å². The Bertz CT molecular complexity index is 780. The van der Waals surface area contributed by atoms with E-state index < -0.39 is 0 Å². The van der Waals surface area contributed by atoms with Gasteiger partial charge < -0.3 is 19.7 Å². The van der Waals surface area contributed by atoms with Gasteiger partial charge in [-0.05, 0) is 12.1 Å². The van der Waals surface area contributed by atoms with E-state index in [2.05, 4.69) is 20.1 Å². The van der Waals surface area contributed by atoms with Gasteiger partial charge in [0, 0.05) is 44.5 Å². The van der Waals surface area contributed by atoms with Gasteiger partial charge in [-0.15, -0.1) is 0 Å². The van der Waals surface area contributed by atoms with E-state index in [-0.39, 0.29) is 5.91 Å². The Labute approximate surface area is 163 Å². The highest BCUT2D eigenvalue weighted by Gasteiger charge is 2.20. The standard InChI is InChI=1S/C19H23ClN4O3/c1-26-16-12-15(17(27-2)11-14(16)20)22-19(25)13-23-7-9-24(10-8-23)18-5-3-4-6-21-18/h3-6,11-12H,7-10,13H2,1-2H3,(H,22,25). The lowest BCUT2D eigenvalue weighted by Gasteiger charge is -2.34. The summed E-state index contributed by atoms with van der Waals surface area (Å²) in [5.41, 5.74) is 0.538. The van der Waals surface area contributed by atoms with Crippen molar-refractivity contribution in [3.63, 3.8) is 0 Å². The minimum absolute atomic E-state index is 0.107. The number of nitrogens with zero attached hydrogens (tertiary/aromatic N) is 3. The van der Waals surface area contributed by atoms with Crippen LogP contribution in [0.15, 0.2) is 36.5 Å². The topological polar surface area (TPSA) is 66.9 Å². The SMILES string of the molecule is COc1cc(NC(=O)CN2CCN(c3ccccn3)CC2)c(OC)cc1Cl. The van der Waals surface area contributed by atoms with Gasteiger partial charge in [0.15, 0.2) is 0 Å². The zero-order valence-electron chi connectivity index (χ0n) is 15.4. The summed E-state index contributed by atoms with van der Waals surface area (Å²) in [5.74, 6) is 1.84. The summed E-state index contributed by atoms with van der Waals surface area (Å²) in [6, 6.07) is 9.18. The van der Waals surface area contributed by atoms with Crippen molar-refractivity contribution in [3.8, 4) is 11.5 Å². The molecule has 0 atom stereocenters. The molecular weight excluding hydrogens is 368 g/mol. The van der Waals surface area contributed by atoms with Crippen molar-refractivity contribution in [2.45, 2.75) is 0 Å². The zero-order chi connectivity index (χ0) is 19.2. The van der Waals surface area contributed by atoms with Crippen LogP contribution in [0.25, 0.3) is 0 Å². The number of halogens is 1. The fraction of sp³-hybridized carbons (Fsp3) is 0.368. The summed E-state index contributed by atoms with van der Waals surface area (Å²) < 4.78 is 10.5. The number of aromatic nitrogens is 1. The second-order valence-electron chi connectivity index (χ2n) is 6.19. The molecule has 1 aliphatic heterocycles. The lowest BCUT2D eigenvalue weighted by atomic mass is 10.2. The van der Waals surface area contributed by atoms with Gasteiger partial charge in [-0.1, -0.05) is 17.7 Å². The highest BCUT2D eigenvalue weighted by Crippen LogP contribution is 2.35. The Morgan fingerprint density at radius 1 is 1.15 bits per heavy atom. The Morgan fingerprint density at radius 3 is 2.52 bits per heavy atom. The van der Waals surface area contributed by atoms with Crippen molar-refractivity contribution in [2.24, 2.45) is 0 Å². The number of nitrogens with one attached hydrogen (secondary N) is 1. The molecule has 2 aromatic rings. The molecule has 0 spiro atoms. The van der Waals surface area contributed by atoms with Crippen molar-refractivity contribution in [1.82, 2.24) is 9.88 Å². The van der Waals surface area contributed by atoms with Crippen LogP contribution in [0.5, 0.6) is 11.5 Å². The maximum atomic E-state index is 12.5. The second kappa shape index (κ2) is 8.92. The molecular formula is C19H23ClN4O3. The number of amides is 1. The monoisotopic (exact) mass is 390 g/mol. The summed E-state index contributed by atoms with van der Waals surface area (Å²) in [5, 5.41) is 3.31. The molecule has 1 amide bonds. The Hall–Kier alpha value is -2.51. The van der Waals surface area contributed by atoms with Crippen molar-refractivity contribution in [1.29, 1.82) is 0 Å². The Balaban J connectivity index is 1.56. The molecule has 0 aliphatic carbocycles. The fourth-order valence-electron chi connectivity index (χ4n) is 3.03. The normalized spacial score (nSPS) is 14.7. The number of benzene rings is 1. The van der Waals surface area contributed by atoms with Gasteiger partial charge in [-0.25, -0.2) is 4.98 Å². The van der Waals surface area contributed by atoms with E-state index in [1.54, 1.807) is 18.3 Å². The van der Waals surface area contributed by atoms with Crippen LogP contribution in [0, 0.1) is 0 Å². The van der Waals surface area contributed by atoms with Gasteiger partial charge in [0.1, 0.15) is 17.3 Å². The van der Waals surface area contributed by atoms with E-state index in [0.717, 1.165) is 32.0 Å². The van der Waals surface area contributed by atoms with Gasteiger partial charge in [-0.3, -0.25) is 9.69 Å². The van der Waals surface area contributed by atoms with Gasteiger partial charge in [-0.2, -0.15) is 0 Å². The van der Waals surface area contributed by atoms with Crippen molar-refractivity contribution < 1.29 is 14.3 Å². The molecule has 1 saturated heterocycles. The molecule has 8 heteroatoms. The first kappa shape index (κ1) is 19.3. The summed E-state index contributed by atoms with van der Waals surface area (Å²) in [4.78, 5) is 21.2. The first-order chi connectivity index (χ1) is 13.1. The molecule has 144 valence electrons. The number of ether oxygens (including phenoxy) is 2. The molecule has 3 rings (SSSR count). The minimum Gasteiger partial charge on any atom is -0.495 e. The van der Waals surface area contributed by atoms with Crippen LogP contribution >= 0.6 is 11.6 Å². The number of hydrogen-bond donors (Lipinski definition) is 1. The molecule has 27 heavy (non-hydrogen) atoms. The fourth-order valence-corrected chi connectivity index (χ4v) is 3.26. The van der Waals surface area contributed by atoms with Crippen LogP contribution in [0.1, 0.15) is 0 Å². The lowest BCUT2D eigenvalue weighted by molar-refractivity contribution is -0.117. The number of rotatable bonds is 6. The second-order valence-corrected chi connectivity index (χ2v) is 6.59. The molecule has 0 bridgehead atoms. The van der Waals surface area contributed by atoms with E-state index in [1.807, 2.05) is 18.2 Å². The van der Waals surface area contributed by atoms with Crippen LogP contribution < -0.4 is 19.7 Å². The molecule has 1 aromatic carbocycles. The van der Waals surface area contributed by atoms with Crippen LogP contribution in [-0.2, 0) is 4.79 Å². The number of pyridine rings is 1. The number of carbonyl (C=O) groups is 1. The average molecular weight is 391 g/mol. The van der Waals surface area contributed by atoms with Gasteiger partial charge >= 0.3 is 0 Å². The first-order valence-corrected chi connectivity index (χ1v) is 9.08. The first-order valence-electron chi connectivity index (χ1n) is 8.70. The number of piperazine rings is 1. The maximum absolute atomic E-state index is 12.5. The van der Waals surface area contributed by atoms with Crippen LogP contribution in [0.4, 0.5) is 11.5 Å². The number of methoxy groups -OCH3 is 2. The number of anilines is 2. The van der Waals surface area contributed by atoms with Crippen molar-refractivity contribution in [2.75, 3.05) is 57.2 Å². The van der Waals surface area contributed by atoms with Crippen molar-refractivity contribution >= 4 is 29.0 Å². The quantitative estimate of drug-likeness (QED) is 0.817. The Morgan fingerprint density at radius 2 is 1.89 bits per heavy atom. The third kappa shape index (κ3) is 4.81. The molecule has 1 fully saturated rings. The highest BCUT2D eigenvalue weighted by molar-refractivity contribution is 6.32. The Kier molecular flexibility index (Phi) is 6.36. The van der Waals surface area contributed by atoms with E-state index >= 15 is 0 Å². The van der Waals surface area contributed by atoms with Crippen molar-refractivity contribution in [3.05, 3.63) is 41.6 Å². The average Bonchev–Trinajstić information content (AvgIpc) is 2.70. The van der Waals surface area contributed by atoms with Gasteiger partial charge in [0.25, 0.3) is 0 Å². The van der Waals surface area contributed by atoms with Crippen LogP contribution in [-0.4, -0.2) is 62.7 Å². The predicted octanol–water partition coefficient (Wildman–Crippen LogP) is 2.51. The molecule has 1 aromatic heterocycles. The summed E-state index contributed by atoms with van der Waals surface area (Å²) in [6.45, 7) is 3.57. The molecule has 0 unspecified atom stereocenters. The molecule has 0 saturated carbocycles. The third-order valence-corrected chi connectivity index (χ3v) is 4.76. The third-order valence-electron chi connectivity index (χ3n) is 4.46. The molecule has 1 N–H and O–H groups in total. The molecule has 7 nitrogen and oxygen atoms in total. The summed E-state index contributed by atoms with van der Waals surface area (Å²) in [7, 11) is 3.06. The smallest absolute Gasteiger partial charge is 0.238 e. The lowest BCUT2D eigenvalue weighted by Crippen LogP contribution is -2.48. The van der Waals surface area contributed by atoms with Crippen LogP contribution in [0.2, 0.25) is 5.02 Å². The van der Waals surface area contributed by atoms with E-state index in [9.17, 15) is 4.79 Å². The molecule has 0 radical (unpaired) electrons. The number of carbonyl (C=O) groups excluding carboxylic acids is 1. The largest absolute Gasteiger partial charge is 0.495 e. The van der Waals surface area contributed by atoms with E-state index in [1.165, 1.54) is 14.2 Å². The van der Waals surface area contributed by atoms with Gasteiger partial charge in [0.05, 0.1) is 31.5 Å². The van der Waals surface area contributed by atoms with Gasteiger partial charge in [0.2, 0.25) is 5.91 Å². The predicted molar refractivity (Wildman–Crippen MR) is 106 cm³/mol. The maximum Gasteiger partial charge on any atom is 0.238 e.